The summed E-state index contributed by atoms with van der Waals surface area (Å²) >= 11 is 0. The van der Waals surface area contributed by atoms with Gasteiger partial charge in [0.05, 0.1) is 5.52 Å². The molecule has 3 nitrogen and oxygen atoms in total. The number of likely N-dealkylation sites (tertiary alicyclic amines) is 1. The van der Waals surface area contributed by atoms with E-state index in [0.29, 0.717) is 6.04 Å². The molecule has 0 amide bonds. The van der Waals surface area contributed by atoms with Crippen LogP contribution in [0, 0.1) is 6.92 Å². The number of piperidine rings is 1. The zero-order valence-corrected chi connectivity index (χ0v) is 12.4. The summed E-state index contributed by atoms with van der Waals surface area (Å²) in [4.78, 5) is 7.26. The third kappa shape index (κ3) is 2.78. The molecule has 2 heterocycles. The fourth-order valence-corrected chi connectivity index (χ4v) is 3.09. The summed E-state index contributed by atoms with van der Waals surface area (Å²) in [5.74, 6) is 1.02. The number of nitrogens with one attached hydrogen (secondary N) is 1. The Balaban J connectivity index is 1.80. The van der Waals surface area contributed by atoms with Gasteiger partial charge in [0.2, 0.25) is 0 Å². The van der Waals surface area contributed by atoms with Crippen molar-refractivity contribution < 1.29 is 0 Å². The summed E-state index contributed by atoms with van der Waals surface area (Å²) in [6, 6.07) is 11.1. The van der Waals surface area contributed by atoms with E-state index in [1.54, 1.807) is 0 Å². The summed E-state index contributed by atoms with van der Waals surface area (Å²) in [7, 11) is 0. The number of benzene rings is 1. The maximum Gasteiger partial charge on any atom is 0.127 e. The van der Waals surface area contributed by atoms with Crippen LogP contribution in [-0.4, -0.2) is 35.6 Å². The summed E-state index contributed by atoms with van der Waals surface area (Å²) in [5, 5.41) is 4.87. The highest BCUT2D eigenvalue weighted by molar-refractivity contribution is 5.83. The first kappa shape index (κ1) is 13.4. The molecular formula is C17H23N3. The van der Waals surface area contributed by atoms with E-state index in [1.165, 1.54) is 30.3 Å². The van der Waals surface area contributed by atoms with E-state index < -0.39 is 0 Å². The molecule has 20 heavy (non-hydrogen) atoms. The number of nitrogens with zero attached hydrogens (tertiary/aromatic N) is 2. The average Bonchev–Trinajstić information content (AvgIpc) is 2.47. The number of aromatic nitrogens is 1. The topological polar surface area (TPSA) is 28.2 Å². The van der Waals surface area contributed by atoms with Crippen molar-refractivity contribution in [3.8, 4) is 0 Å². The number of rotatable bonds is 3. The molecule has 0 bridgehead atoms. The zero-order chi connectivity index (χ0) is 13.9. The number of hydrogen-bond acceptors (Lipinski definition) is 3. The number of aryl methyl sites for hydroxylation is 1. The maximum absolute atomic E-state index is 4.75. The third-order valence-corrected chi connectivity index (χ3v) is 4.23. The van der Waals surface area contributed by atoms with Crippen LogP contribution in [0.2, 0.25) is 0 Å². The zero-order valence-electron chi connectivity index (χ0n) is 12.4. The molecule has 3 rings (SSSR count). The number of para-hydroxylation sites is 1. The van der Waals surface area contributed by atoms with Gasteiger partial charge in [-0.2, -0.15) is 0 Å². The lowest BCUT2D eigenvalue weighted by Crippen LogP contribution is -2.41. The second-order valence-corrected chi connectivity index (χ2v) is 5.72. The predicted octanol–water partition coefficient (Wildman–Crippen LogP) is 3.44. The molecule has 1 aromatic carbocycles. The van der Waals surface area contributed by atoms with Crippen molar-refractivity contribution in [2.45, 2.75) is 32.7 Å². The van der Waals surface area contributed by atoms with E-state index in [0.717, 1.165) is 24.4 Å². The number of likely N-dealkylation sites (N-methyl/N-ethyl adjacent to an activating group) is 1. The minimum atomic E-state index is 0.525. The Morgan fingerprint density at radius 2 is 2.20 bits per heavy atom. The Morgan fingerprint density at radius 1 is 1.35 bits per heavy atom. The van der Waals surface area contributed by atoms with Crippen LogP contribution in [0.4, 0.5) is 5.82 Å². The number of pyridine rings is 1. The molecule has 1 N–H and O–H groups in total. The van der Waals surface area contributed by atoms with Crippen molar-refractivity contribution in [1.29, 1.82) is 0 Å². The highest BCUT2D eigenvalue weighted by Crippen LogP contribution is 2.21. The van der Waals surface area contributed by atoms with Gasteiger partial charge in [-0.1, -0.05) is 25.1 Å². The third-order valence-electron chi connectivity index (χ3n) is 4.23. The van der Waals surface area contributed by atoms with Crippen molar-refractivity contribution >= 4 is 16.7 Å². The SMILES string of the molecule is CCN1CCCC(Nc2cc(C)c3ccccc3n2)C1. The van der Waals surface area contributed by atoms with Crippen LogP contribution in [0.1, 0.15) is 25.3 Å². The Hall–Kier alpha value is -1.61. The molecule has 2 aromatic rings. The van der Waals surface area contributed by atoms with Gasteiger partial charge in [-0.05, 0) is 50.6 Å². The molecule has 3 heteroatoms. The molecule has 106 valence electrons. The van der Waals surface area contributed by atoms with Crippen LogP contribution in [0.3, 0.4) is 0 Å². The maximum atomic E-state index is 4.75. The van der Waals surface area contributed by atoms with Gasteiger partial charge in [-0.3, -0.25) is 0 Å². The first-order valence-electron chi connectivity index (χ1n) is 7.61. The van der Waals surface area contributed by atoms with Crippen molar-refractivity contribution in [2.24, 2.45) is 0 Å². The summed E-state index contributed by atoms with van der Waals surface area (Å²) in [6.45, 7) is 7.90. The van der Waals surface area contributed by atoms with E-state index >= 15 is 0 Å². The smallest absolute Gasteiger partial charge is 0.127 e. The second-order valence-electron chi connectivity index (χ2n) is 5.72. The van der Waals surface area contributed by atoms with Crippen LogP contribution in [0.25, 0.3) is 10.9 Å². The van der Waals surface area contributed by atoms with Crippen molar-refractivity contribution in [3.63, 3.8) is 0 Å². The minimum absolute atomic E-state index is 0.525. The van der Waals surface area contributed by atoms with Crippen LogP contribution < -0.4 is 5.32 Å². The molecule has 1 unspecified atom stereocenters. The van der Waals surface area contributed by atoms with E-state index in [9.17, 15) is 0 Å². The molecule has 0 aliphatic carbocycles. The van der Waals surface area contributed by atoms with Crippen LogP contribution in [-0.2, 0) is 0 Å². The minimum Gasteiger partial charge on any atom is -0.366 e. The molecule has 1 aliphatic heterocycles. The molecule has 1 fully saturated rings. The van der Waals surface area contributed by atoms with Gasteiger partial charge >= 0.3 is 0 Å². The highest BCUT2D eigenvalue weighted by atomic mass is 15.2. The van der Waals surface area contributed by atoms with E-state index in [-0.39, 0.29) is 0 Å². The normalized spacial score (nSPS) is 20.2. The fourth-order valence-electron chi connectivity index (χ4n) is 3.09. The van der Waals surface area contributed by atoms with Crippen molar-refractivity contribution in [1.82, 2.24) is 9.88 Å². The monoisotopic (exact) mass is 269 g/mol. The van der Waals surface area contributed by atoms with Crippen LogP contribution in [0.15, 0.2) is 30.3 Å². The van der Waals surface area contributed by atoms with Crippen LogP contribution in [0.5, 0.6) is 0 Å². The molecule has 1 aromatic heterocycles. The predicted molar refractivity (Wildman–Crippen MR) is 85.2 cm³/mol. The van der Waals surface area contributed by atoms with Crippen molar-refractivity contribution in [2.75, 3.05) is 25.0 Å². The highest BCUT2D eigenvalue weighted by Gasteiger charge is 2.18. The summed E-state index contributed by atoms with van der Waals surface area (Å²) in [5.41, 5.74) is 2.37. The Kier molecular flexibility index (Phi) is 3.88. The van der Waals surface area contributed by atoms with Gasteiger partial charge in [0.25, 0.3) is 0 Å². The van der Waals surface area contributed by atoms with Crippen molar-refractivity contribution in [3.05, 3.63) is 35.9 Å². The average molecular weight is 269 g/mol. The lowest BCUT2D eigenvalue weighted by molar-refractivity contribution is 0.226. The first-order chi connectivity index (χ1) is 9.76. The van der Waals surface area contributed by atoms with Crippen LogP contribution >= 0.6 is 0 Å². The lowest BCUT2D eigenvalue weighted by atomic mass is 10.1. The standard InChI is InChI=1S/C17H23N3/c1-3-20-10-6-7-14(12-20)18-17-11-13(2)15-8-4-5-9-16(15)19-17/h4-5,8-9,11,14H,3,6-7,10,12H2,1-2H3,(H,18,19). The lowest BCUT2D eigenvalue weighted by Gasteiger charge is -2.32. The van der Waals surface area contributed by atoms with Gasteiger partial charge < -0.3 is 10.2 Å². The van der Waals surface area contributed by atoms with Gasteiger partial charge in [0, 0.05) is 18.0 Å². The van der Waals surface area contributed by atoms with E-state index in [2.05, 4.69) is 54.4 Å². The number of fused-ring (bicyclic) bond motifs is 1. The molecular weight excluding hydrogens is 246 g/mol. The summed E-state index contributed by atoms with van der Waals surface area (Å²) in [6.07, 6.45) is 2.52. The quantitative estimate of drug-likeness (QED) is 0.925. The molecule has 1 atom stereocenters. The fraction of sp³-hybridized carbons (Fsp3) is 0.471. The molecule has 1 saturated heterocycles. The van der Waals surface area contributed by atoms with Gasteiger partial charge in [0.1, 0.15) is 5.82 Å². The Morgan fingerprint density at radius 3 is 3.05 bits per heavy atom. The van der Waals surface area contributed by atoms with E-state index in [1.807, 2.05) is 0 Å². The number of hydrogen-bond donors (Lipinski definition) is 1. The Bertz CT molecular complexity index is 594. The largest absolute Gasteiger partial charge is 0.366 e. The van der Waals surface area contributed by atoms with E-state index in [4.69, 9.17) is 4.98 Å². The molecule has 0 radical (unpaired) electrons. The second kappa shape index (κ2) is 5.80. The van der Waals surface area contributed by atoms with Gasteiger partial charge in [0.15, 0.2) is 0 Å². The Labute approximate surface area is 121 Å². The first-order valence-corrected chi connectivity index (χ1v) is 7.61. The number of anilines is 1. The molecule has 1 aliphatic rings. The molecule has 0 saturated carbocycles. The molecule has 0 spiro atoms. The summed E-state index contributed by atoms with van der Waals surface area (Å²) < 4.78 is 0. The van der Waals surface area contributed by atoms with Gasteiger partial charge in [-0.25, -0.2) is 4.98 Å². The van der Waals surface area contributed by atoms with Gasteiger partial charge in [-0.15, -0.1) is 0 Å².